The SMILES string of the molecule is CC1(C)O[C@H]2[C@@H]([C@H]3COC(C)(C)O3)O[C@H](N3OC(=O)N[C@@H]3c3ccc([N+](=O)[O-])cc3)[C@H]2O1. The van der Waals surface area contributed by atoms with Crippen molar-refractivity contribution in [3.8, 4) is 0 Å². The molecule has 12 nitrogen and oxygen atoms in total. The highest BCUT2D eigenvalue weighted by atomic mass is 16.8. The molecule has 6 atom stereocenters. The smallest absolute Gasteiger partial charge is 0.348 e. The lowest BCUT2D eigenvalue weighted by Crippen LogP contribution is -2.44. The van der Waals surface area contributed by atoms with Gasteiger partial charge in [0.1, 0.15) is 30.6 Å². The minimum absolute atomic E-state index is 0.0574. The lowest BCUT2D eigenvalue weighted by Gasteiger charge is -2.31. The molecule has 12 heteroatoms. The van der Waals surface area contributed by atoms with Gasteiger partial charge in [0.05, 0.1) is 11.5 Å². The minimum Gasteiger partial charge on any atom is -0.348 e. The maximum Gasteiger partial charge on any atom is 0.428 e. The van der Waals surface area contributed by atoms with Crippen LogP contribution in [0.15, 0.2) is 24.3 Å². The van der Waals surface area contributed by atoms with E-state index in [0.717, 1.165) is 0 Å². The van der Waals surface area contributed by atoms with Crippen molar-refractivity contribution in [1.29, 1.82) is 0 Å². The molecule has 4 heterocycles. The lowest BCUT2D eigenvalue weighted by atomic mass is 10.1. The van der Waals surface area contributed by atoms with E-state index in [1.165, 1.54) is 17.2 Å². The third kappa shape index (κ3) is 3.72. The van der Waals surface area contributed by atoms with Gasteiger partial charge in [-0.15, -0.1) is 0 Å². The van der Waals surface area contributed by atoms with Crippen LogP contribution in [0.25, 0.3) is 0 Å². The van der Waals surface area contributed by atoms with Crippen LogP contribution in [0.2, 0.25) is 0 Å². The quantitative estimate of drug-likeness (QED) is 0.535. The Bertz CT molecular complexity index is 921. The van der Waals surface area contributed by atoms with Crippen LogP contribution in [-0.4, -0.2) is 64.9 Å². The van der Waals surface area contributed by atoms with E-state index in [0.29, 0.717) is 12.2 Å². The molecule has 0 saturated carbocycles. The van der Waals surface area contributed by atoms with Crippen molar-refractivity contribution < 1.29 is 38.2 Å². The number of ether oxygens (including phenoxy) is 5. The summed E-state index contributed by atoms with van der Waals surface area (Å²) in [6.07, 6.45) is -4.19. The van der Waals surface area contributed by atoms with E-state index in [1.54, 1.807) is 26.0 Å². The number of carbonyl (C=O) groups excluding carboxylic acids is 1. The highest BCUT2D eigenvalue weighted by molar-refractivity contribution is 5.69. The number of nitro groups is 1. The zero-order chi connectivity index (χ0) is 22.8. The fourth-order valence-corrected chi connectivity index (χ4v) is 4.55. The van der Waals surface area contributed by atoms with Gasteiger partial charge in [-0.2, -0.15) is 0 Å². The highest BCUT2D eigenvalue weighted by Crippen LogP contribution is 2.45. The Hall–Kier alpha value is -2.35. The standard InChI is InChI=1S/C20H25N3O9/c1-19(2)27-9-12(29-19)13-14-15(31-20(3,4)30-14)17(28-13)22-16(21-18(24)32-22)10-5-7-11(8-6-10)23(25)26/h5-8,12-17H,9H2,1-4H3,(H,21,24)/t12-,13-,14+,15+,16+,17+/m1/s1. The first kappa shape index (κ1) is 21.5. The van der Waals surface area contributed by atoms with Crippen molar-refractivity contribution in [3.63, 3.8) is 0 Å². The molecular weight excluding hydrogens is 426 g/mol. The number of hydrogen-bond donors (Lipinski definition) is 1. The number of rotatable bonds is 4. The lowest BCUT2D eigenvalue weighted by molar-refractivity contribution is -0.384. The molecule has 1 amide bonds. The minimum atomic E-state index is -0.870. The second-order valence-corrected chi connectivity index (χ2v) is 9.06. The molecule has 0 radical (unpaired) electrons. The van der Waals surface area contributed by atoms with Crippen LogP contribution in [0, 0.1) is 10.1 Å². The number of nitrogens with one attached hydrogen (secondary N) is 1. The van der Waals surface area contributed by atoms with Crippen molar-refractivity contribution in [1.82, 2.24) is 10.4 Å². The molecule has 0 aliphatic carbocycles. The van der Waals surface area contributed by atoms with Crippen LogP contribution >= 0.6 is 0 Å². The highest BCUT2D eigenvalue weighted by Gasteiger charge is 2.62. The molecule has 0 aromatic heterocycles. The molecule has 1 N–H and O–H groups in total. The summed E-state index contributed by atoms with van der Waals surface area (Å²) in [7, 11) is 0. The van der Waals surface area contributed by atoms with Gasteiger partial charge in [0.2, 0.25) is 0 Å². The van der Waals surface area contributed by atoms with E-state index in [4.69, 9.17) is 28.5 Å². The zero-order valence-corrected chi connectivity index (χ0v) is 18.0. The fourth-order valence-electron chi connectivity index (χ4n) is 4.55. The molecule has 4 aliphatic heterocycles. The van der Waals surface area contributed by atoms with Crippen LogP contribution in [0.4, 0.5) is 10.5 Å². The van der Waals surface area contributed by atoms with E-state index in [9.17, 15) is 14.9 Å². The molecule has 4 fully saturated rings. The first-order chi connectivity index (χ1) is 15.0. The number of hydroxylamine groups is 2. The van der Waals surface area contributed by atoms with E-state index < -0.39 is 59.4 Å². The van der Waals surface area contributed by atoms with Crippen LogP contribution in [0.1, 0.15) is 39.4 Å². The molecule has 4 saturated heterocycles. The third-order valence-electron chi connectivity index (χ3n) is 5.83. The van der Waals surface area contributed by atoms with Crippen molar-refractivity contribution in [2.75, 3.05) is 6.61 Å². The number of non-ortho nitro benzene ring substituents is 1. The normalized spacial score (nSPS) is 37.8. The predicted molar refractivity (Wildman–Crippen MR) is 105 cm³/mol. The van der Waals surface area contributed by atoms with Gasteiger partial charge < -0.3 is 28.5 Å². The Kier molecular flexibility index (Phi) is 4.93. The summed E-state index contributed by atoms with van der Waals surface area (Å²) in [6, 6.07) is 5.84. The van der Waals surface area contributed by atoms with Gasteiger partial charge in [-0.1, -0.05) is 5.06 Å². The Morgan fingerprint density at radius 2 is 1.72 bits per heavy atom. The Balaban J connectivity index is 1.42. The van der Waals surface area contributed by atoms with E-state index >= 15 is 0 Å². The summed E-state index contributed by atoms with van der Waals surface area (Å²) < 4.78 is 30.2. The average Bonchev–Trinajstić information content (AvgIpc) is 3.43. The molecule has 5 rings (SSSR count). The number of nitrogens with zero attached hydrogens (tertiary/aromatic N) is 2. The largest absolute Gasteiger partial charge is 0.428 e. The third-order valence-corrected chi connectivity index (χ3v) is 5.83. The van der Waals surface area contributed by atoms with Gasteiger partial charge >= 0.3 is 6.09 Å². The molecular formula is C20H25N3O9. The van der Waals surface area contributed by atoms with Crippen molar-refractivity contribution in [2.24, 2.45) is 0 Å². The number of nitro benzene ring substituents is 1. The molecule has 0 bridgehead atoms. The van der Waals surface area contributed by atoms with Gasteiger partial charge in [-0.05, 0) is 45.4 Å². The van der Waals surface area contributed by atoms with Gasteiger partial charge in [-0.3, -0.25) is 15.4 Å². The van der Waals surface area contributed by atoms with E-state index in [2.05, 4.69) is 5.32 Å². The van der Waals surface area contributed by atoms with Gasteiger partial charge in [0, 0.05) is 12.1 Å². The summed E-state index contributed by atoms with van der Waals surface area (Å²) >= 11 is 0. The van der Waals surface area contributed by atoms with Crippen LogP contribution < -0.4 is 5.32 Å². The molecule has 4 aliphatic rings. The van der Waals surface area contributed by atoms with Crippen molar-refractivity contribution >= 4 is 11.8 Å². The van der Waals surface area contributed by atoms with Gasteiger partial charge in [0.15, 0.2) is 17.8 Å². The van der Waals surface area contributed by atoms with Crippen LogP contribution in [0.3, 0.4) is 0 Å². The number of carbonyl (C=O) groups is 1. The topological polar surface area (TPSA) is 131 Å². The van der Waals surface area contributed by atoms with Crippen LogP contribution in [-0.2, 0) is 28.5 Å². The maximum atomic E-state index is 12.2. The number of fused-ring (bicyclic) bond motifs is 1. The number of hydrogen-bond acceptors (Lipinski definition) is 10. The van der Waals surface area contributed by atoms with E-state index in [1.807, 2.05) is 13.8 Å². The maximum absolute atomic E-state index is 12.2. The molecule has 174 valence electrons. The zero-order valence-electron chi connectivity index (χ0n) is 18.0. The van der Waals surface area contributed by atoms with Crippen molar-refractivity contribution in [3.05, 3.63) is 39.9 Å². The molecule has 0 unspecified atom stereocenters. The second-order valence-electron chi connectivity index (χ2n) is 9.06. The van der Waals surface area contributed by atoms with Gasteiger partial charge in [-0.25, -0.2) is 4.79 Å². The number of amides is 1. The number of benzene rings is 1. The Morgan fingerprint density at radius 1 is 1.03 bits per heavy atom. The van der Waals surface area contributed by atoms with Crippen molar-refractivity contribution in [2.45, 2.75) is 76.1 Å². The predicted octanol–water partition coefficient (Wildman–Crippen LogP) is 1.95. The van der Waals surface area contributed by atoms with Gasteiger partial charge in [0.25, 0.3) is 5.69 Å². The molecule has 0 spiro atoms. The van der Waals surface area contributed by atoms with Crippen LogP contribution in [0.5, 0.6) is 0 Å². The summed E-state index contributed by atoms with van der Waals surface area (Å²) in [5, 5.41) is 15.1. The summed E-state index contributed by atoms with van der Waals surface area (Å²) in [5.41, 5.74) is 0.530. The Morgan fingerprint density at radius 3 is 2.34 bits per heavy atom. The average molecular weight is 451 g/mol. The second kappa shape index (κ2) is 7.33. The summed E-state index contributed by atoms with van der Waals surface area (Å²) in [5.74, 6) is -1.62. The Labute approximate surface area is 183 Å². The molecule has 32 heavy (non-hydrogen) atoms. The first-order valence-electron chi connectivity index (χ1n) is 10.4. The summed E-state index contributed by atoms with van der Waals surface area (Å²) in [6.45, 7) is 7.57. The molecule has 1 aromatic rings. The first-order valence-corrected chi connectivity index (χ1v) is 10.4. The molecule has 1 aromatic carbocycles. The summed E-state index contributed by atoms with van der Waals surface area (Å²) in [4.78, 5) is 28.1. The fraction of sp³-hybridized carbons (Fsp3) is 0.650. The van der Waals surface area contributed by atoms with E-state index in [-0.39, 0.29) is 5.69 Å². The monoisotopic (exact) mass is 451 g/mol.